The molecule has 26 rings (SSSR count). The molecule has 0 aliphatic rings. The van der Waals surface area contributed by atoms with Crippen molar-refractivity contribution in [3.8, 4) is 102 Å². The first-order chi connectivity index (χ1) is 64.4. The second kappa shape index (κ2) is 32.7. The molecule has 0 saturated heterocycles. The normalized spacial score (nSPS) is 11.8. The number of nitrogens with zero attached hydrogens (tertiary/aromatic N) is 12. The molecule has 0 N–H and O–H groups in total. The van der Waals surface area contributed by atoms with Crippen LogP contribution in [0.2, 0.25) is 0 Å². The lowest BCUT2D eigenvalue weighted by Gasteiger charge is -2.15. The van der Waals surface area contributed by atoms with E-state index in [9.17, 15) is 0 Å². The first kappa shape index (κ1) is 77.5. The number of rotatable bonds is 13. The minimum atomic E-state index is 0.525. The van der Waals surface area contributed by atoms with Crippen molar-refractivity contribution in [2.75, 3.05) is 10.8 Å². The van der Waals surface area contributed by atoms with Crippen LogP contribution in [-0.4, -0.2) is 68.1 Å². The van der Waals surface area contributed by atoms with Gasteiger partial charge in [-0.15, -0.1) is 8.58 Å². The molecule has 0 fully saturated rings. The van der Waals surface area contributed by atoms with Gasteiger partial charge in [0.05, 0.1) is 66.2 Å². The largest absolute Gasteiger partial charge is 0.309 e. The fourth-order valence-corrected chi connectivity index (χ4v) is 19.4. The summed E-state index contributed by atoms with van der Waals surface area (Å²) in [5.41, 5.74) is 26.0. The van der Waals surface area contributed by atoms with Crippen LogP contribution in [0.3, 0.4) is 0 Å². The zero-order valence-electron chi connectivity index (χ0n) is 70.5. The van der Waals surface area contributed by atoms with Crippen LogP contribution in [0.5, 0.6) is 0 Å². The van der Waals surface area contributed by atoms with Crippen LogP contribution in [0.4, 0.5) is 0 Å². The fourth-order valence-electron chi connectivity index (χ4n) is 19.4. The summed E-state index contributed by atoms with van der Waals surface area (Å²) in [5, 5.41) is 14.1. The minimum absolute atomic E-state index is 0.525. The maximum absolute atomic E-state index is 5.72. The van der Waals surface area contributed by atoms with Crippen LogP contribution >= 0.6 is 31.2 Å². The van der Waals surface area contributed by atoms with E-state index < -0.39 is 0 Å². The van der Waals surface area contributed by atoms with Crippen molar-refractivity contribution >= 4 is 162 Å². The Kier molecular flexibility index (Phi) is 19.5. The predicted octanol–water partition coefficient (Wildman–Crippen LogP) is 30.0. The third-order valence-electron chi connectivity index (χ3n) is 25.1. The first-order valence-electron chi connectivity index (χ1n) is 43.7. The van der Waals surface area contributed by atoms with E-state index in [-0.39, 0.29) is 0 Å². The van der Waals surface area contributed by atoms with E-state index in [1.165, 1.54) is 58.6 Å². The summed E-state index contributed by atoms with van der Waals surface area (Å²) in [6.45, 7) is 2.20. The number of hydrogen-bond acceptors (Lipinski definition) is 6. The molecule has 0 aliphatic carbocycles. The number of halogens is 1. The zero-order valence-corrected chi connectivity index (χ0v) is 73.7. The van der Waals surface area contributed by atoms with Crippen LogP contribution in [0, 0.1) is 0 Å². The Morgan fingerprint density at radius 3 is 0.754 bits per heavy atom. The molecule has 0 amide bonds. The Bertz CT molecular complexity index is 8540. The Morgan fingerprint density at radius 2 is 0.408 bits per heavy atom. The number of fused-ring (bicyclic) bond motifs is 20. The Hall–Kier alpha value is -16.1. The fraction of sp³-hybridized carbons (Fsp3) is 0.0172. The van der Waals surface area contributed by atoms with Gasteiger partial charge in [0.25, 0.3) is 0 Å². The van der Waals surface area contributed by atoms with E-state index in [0.717, 1.165) is 152 Å². The Morgan fingerprint density at radius 1 is 0.185 bits per heavy atom. The van der Waals surface area contributed by atoms with Gasteiger partial charge in [0.1, 0.15) is 0 Å². The van der Waals surface area contributed by atoms with Gasteiger partial charge in [-0.1, -0.05) is 338 Å². The van der Waals surface area contributed by atoms with Crippen LogP contribution in [0.1, 0.15) is 0 Å². The summed E-state index contributed by atoms with van der Waals surface area (Å²) in [4.78, 5) is 31.6. The van der Waals surface area contributed by atoms with Crippen LogP contribution in [0.15, 0.2) is 437 Å². The molecular weight excluding hydrogens is 1720 g/mol. The maximum atomic E-state index is 5.72. The standard InChI is InChI=1S/C63H39N7.C51H33N5.C2H6IP/c1-4-18-40(19-5-1)41-32-34-42(35-33-41)61-64-62(69-55-30-16-12-26-47(55)51-38-36-49-45-24-10-14-28-53(45)67(57(49)59(51)69)43-20-6-2-7-21-43)66-63(65-61)70-56-31-17-13-27-48(56)52-39-37-50-46-25-11-15-29-54(46)68(58(50)60(52)70)44-22-8-3-9-23-44;1-4-14-34(15-5-1)49-52-50(35-16-6-2-7-17-35)54-51(53-49)36-24-28-40(29-25-36)56-46-23-13-11-21-42(46)44-33-38(27-31-48(44)56)37-26-30-47-43(32-37)41-20-10-12-22-45(41)55(47)39-18-8-3-9-19-39;1-4-2-3/h1-39H;1-33H;4H,2H2,1H3. The van der Waals surface area contributed by atoms with Gasteiger partial charge in [-0.05, 0) is 150 Å². The zero-order chi connectivity index (χ0) is 86.3. The molecule has 0 bridgehead atoms. The smallest absolute Gasteiger partial charge is 0.240 e. The molecule has 1 unspecified atom stereocenters. The molecule has 18 aromatic carbocycles. The molecule has 0 saturated carbocycles. The summed E-state index contributed by atoms with van der Waals surface area (Å²) >= 11 is 2.36. The summed E-state index contributed by atoms with van der Waals surface area (Å²) in [5.74, 6) is 3.56. The molecule has 0 aliphatic heterocycles. The second-order valence-electron chi connectivity index (χ2n) is 32.6. The van der Waals surface area contributed by atoms with E-state index in [0.29, 0.717) is 35.2 Å². The van der Waals surface area contributed by atoms with Crippen molar-refractivity contribution in [2.45, 2.75) is 0 Å². The number of benzene rings is 18. The lowest BCUT2D eigenvalue weighted by Crippen LogP contribution is -2.11. The number of para-hydroxylation sites is 9. The molecule has 8 aromatic heterocycles. The van der Waals surface area contributed by atoms with Crippen molar-refractivity contribution in [1.29, 1.82) is 0 Å². The van der Waals surface area contributed by atoms with E-state index >= 15 is 0 Å². The molecule has 130 heavy (non-hydrogen) atoms. The van der Waals surface area contributed by atoms with Crippen molar-refractivity contribution in [3.05, 3.63) is 437 Å². The maximum Gasteiger partial charge on any atom is 0.240 e. The van der Waals surface area contributed by atoms with Gasteiger partial charge in [-0.2, -0.15) is 15.0 Å². The summed E-state index contributed by atoms with van der Waals surface area (Å²) in [6.07, 6.45) is 0. The number of alkyl halides is 1. The summed E-state index contributed by atoms with van der Waals surface area (Å²) in [6, 6.07) is 155. The Balaban J connectivity index is 0.000000142. The monoisotopic (exact) mass is 1800 g/mol. The predicted molar refractivity (Wildman–Crippen MR) is 551 cm³/mol. The highest BCUT2D eigenvalue weighted by molar-refractivity contribution is 14.1. The highest BCUT2D eigenvalue weighted by Crippen LogP contribution is 2.47. The van der Waals surface area contributed by atoms with E-state index in [2.05, 4.69) is 433 Å². The Labute approximate surface area is 763 Å². The molecule has 0 spiro atoms. The topological polar surface area (TPSA) is 107 Å². The summed E-state index contributed by atoms with van der Waals surface area (Å²) < 4.78 is 15.4. The minimum Gasteiger partial charge on any atom is -0.309 e. The van der Waals surface area contributed by atoms with Crippen molar-refractivity contribution in [1.82, 2.24) is 57.3 Å². The van der Waals surface area contributed by atoms with Gasteiger partial charge in [0.2, 0.25) is 11.9 Å². The van der Waals surface area contributed by atoms with Crippen molar-refractivity contribution < 1.29 is 0 Å². The molecule has 0 radical (unpaired) electrons. The third-order valence-corrected chi connectivity index (χ3v) is 27.7. The highest BCUT2D eigenvalue weighted by atomic mass is 127. The molecular formula is C116H78IN12P. The average molecular weight is 1800 g/mol. The molecule has 614 valence electrons. The molecule has 26 aromatic rings. The lowest BCUT2D eigenvalue weighted by molar-refractivity contribution is 0.893. The van der Waals surface area contributed by atoms with Crippen molar-refractivity contribution in [3.63, 3.8) is 0 Å². The average Bonchev–Trinajstić information content (AvgIpc) is 1.54. The highest BCUT2D eigenvalue weighted by Gasteiger charge is 2.28. The van der Waals surface area contributed by atoms with E-state index in [1.54, 1.807) is 0 Å². The van der Waals surface area contributed by atoms with Gasteiger partial charge in [-0.25, -0.2) is 15.0 Å². The van der Waals surface area contributed by atoms with Gasteiger partial charge >= 0.3 is 0 Å². The van der Waals surface area contributed by atoms with Gasteiger partial charge in [0.15, 0.2) is 23.3 Å². The van der Waals surface area contributed by atoms with Crippen LogP contribution in [-0.2, 0) is 0 Å². The number of aromatic nitrogens is 12. The third kappa shape index (κ3) is 13.2. The molecule has 12 nitrogen and oxygen atoms in total. The van der Waals surface area contributed by atoms with Gasteiger partial charge < -0.3 is 18.3 Å². The molecule has 8 heterocycles. The lowest BCUT2D eigenvalue weighted by atomic mass is 10.0. The van der Waals surface area contributed by atoms with Gasteiger partial charge in [-0.3, -0.25) is 9.13 Å². The van der Waals surface area contributed by atoms with E-state index in [4.69, 9.17) is 29.9 Å². The number of hydrogen-bond donors (Lipinski definition) is 0. The molecule has 1 atom stereocenters. The van der Waals surface area contributed by atoms with Crippen molar-refractivity contribution in [2.24, 2.45) is 0 Å². The van der Waals surface area contributed by atoms with Crippen LogP contribution < -0.4 is 0 Å². The van der Waals surface area contributed by atoms with E-state index in [1.807, 2.05) is 60.7 Å². The van der Waals surface area contributed by atoms with Crippen LogP contribution in [0.25, 0.3) is 233 Å². The van der Waals surface area contributed by atoms with Gasteiger partial charge in [0, 0.05) is 114 Å². The first-order valence-corrected chi connectivity index (χ1v) is 46.9. The second-order valence-corrected chi connectivity index (χ2v) is 35.8. The molecule has 14 heteroatoms. The SMILES string of the molecule is CPCI.c1ccc(-c2ccc(-c3nc(-n4c5ccccc5c5ccc6c7ccccc7n(-c7ccccc7)c6c54)nc(-n4c5ccccc5c5ccc6c7ccccc7n(-c7ccccc7)c6c54)n3)cc2)cc1.c1ccc(-c2nc(-c3ccccc3)nc(-c3ccc(-n4c5ccccc5c5cc(-c6ccc7c(c6)c6ccccc6n7-c6ccccc6)ccc54)cc3)n2)cc1. The quantitative estimate of drug-likeness (QED) is 0.0647. The summed E-state index contributed by atoms with van der Waals surface area (Å²) in [7, 11) is 1.13.